The molecule has 1 N–H and O–H groups in total. The van der Waals surface area contributed by atoms with Gasteiger partial charge in [-0.2, -0.15) is 0 Å². The number of carbonyl (C=O) groups is 2. The monoisotopic (exact) mass is 382 g/mol. The minimum Gasteiger partial charge on any atom is -0.493 e. The van der Waals surface area contributed by atoms with Crippen molar-refractivity contribution < 1.29 is 19.1 Å². The number of anilines is 1. The number of nitrogens with one attached hydrogen (secondary N) is 1. The maximum absolute atomic E-state index is 12.5. The van der Waals surface area contributed by atoms with Gasteiger partial charge < -0.3 is 14.8 Å². The van der Waals surface area contributed by atoms with Crippen LogP contribution in [-0.2, 0) is 0 Å². The summed E-state index contributed by atoms with van der Waals surface area (Å²) in [4.78, 5) is 28.3. The van der Waals surface area contributed by atoms with E-state index in [1.165, 1.54) is 18.3 Å². The molecule has 0 saturated heterocycles. The highest BCUT2D eigenvalue weighted by Gasteiger charge is 2.14. The van der Waals surface area contributed by atoms with Crippen LogP contribution < -0.4 is 14.8 Å². The second-order valence-corrected chi connectivity index (χ2v) is 6.56. The largest absolute Gasteiger partial charge is 0.493 e. The van der Waals surface area contributed by atoms with Crippen LogP contribution in [0.2, 0.25) is 0 Å². The van der Waals surface area contributed by atoms with E-state index in [4.69, 9.17) is 9.47 Å². The zero-order valence-corrected chi connectivity index (χ0v) is 15.9. The molecular formula is C20H18N2O4S. The van der Waals surface area contributed by atoms with Crippen LogP contribution in [0.3, 0.4) is 0 Å². The molecule has 0 aliphatic rings. The number of nitrogens with zero attached hydrogens (tertiary/aromatic N) is 1. The van der Waals surface area contributed by atoms with Crippen LogP contribution in [0, 0.1) is 0 Å². The third-order valence-corrected chi connectivity index (χ3v) is 4.79. The van der Waals surface area contributed by atoms with Crippen LogP contribution in [0.1, 0.15) is 27.8 Å². The molecule has 2 aromatic carbocycles. The third kappa shape index (κ3) is 4.15. The number of thiazole rings is 1. The first-order valence-corrected chi connectivity index (χ1v) is 9.00. The average Bonchev–Trinajstić information content (AvgIpc) is 3.18. The highest BCUT2D eigenvalue weighted by Crippen LogP contribution is 2.33. The lowest BCUT2D eigenvalue weighted by atomic mass is 10.1. The Bertz CT molecular complexity index is 997. The molecule has 0 saturated carbocycles. The van der Waals surface area contributed by atoms with Crippen LogP contribution >= 0.6 is 11.3 Å². The highest BCUT2D eigenvalue weighted by molar-refractivity contribution is 7.13. The molecule has 27 heavy (non-hydrogen) atoms. The van der Waals surface area contributed by atoms with E-state index in [2.05, 4.69) is 10.3 Å². The predicted octanol–water partition coefficient (Wildman–Crippen LogP) is 4.28. The van der Waals surface area contributed by atoms with E-state index >= 15 is 0 Å². The lowest BCUT2D eigenvalue weighted by molar-refractivity contribution is 0.100. The van der Waals surface area contributed by atoms with Crippen LogP contribution in [-0.4, -0.2) is 30.9 Å². The van der Waals surface area contributed by atoms with E-state index < -0.39 is 0 Å². The van der Waals surface area contributed by atoms with Crippen molar-refractivity contribution in [3.63, 3.8) is 0 Å². The van der Waals surface area contributed by atoms with Crippen molar-refractivity contribution in [3.05, 3.63) is 59.1 Å². The Morgan fingerprint density at radius 3 is 2.52 bits per heavy atom. The van der Waals surface area contributed by atoms with Gasteiger partial charge in [0.25, 0.3) is 5.91 Å². The Labute approximate surface area is 160 Å². The van der Waals surface area contributed by atoms with E-state index in [0.29, 0.717) is 33.5 Å². The molecular weight excluding hydrogens is 364 g/mol. The Balaban J connectivity index is 1.80. The maximum atomic E-state index is 12.5. The fourth-order valence-electron chi connectivity index (χ4n) is 2.49. The molecule has 1 aromatic heterocycles. The first-order valence-electron chi connectivity index (χ1n) is 8.12. The van der Waals surface area contributed by atoms with E-state index in [1.807, 2.05) is 12.1 Å². The van der Waals surface area contributed by atoms with Crippen molar-refractivity contribution in [1.82, 2.24) is 4.98 Å². The van der Waals surface area contributed by atoms with Gasteiger partial charge in [-0.3, -0.25) is 9.59 Å². The first kappa shape index (κ1) is 18.6. The number of rotatable bonds is 6. The maximum Gasteiger partial charge on any atom is 0.275 e. The van der Waals surface area contributed by atoms with Gasteiger partial charge in [0, 0.05) is 22.2 Å². The van der Waals surface area contributed by atoms with Gasteiger partial charge in [0.05, 0.1) is 14.2 Å². The van der Waals surface area contributed by atoms with Crippen molar-refractivity contribution in [3.8, 4) is 22.1 Å². The Kier molecular flexibility index (Phi) is 5.52. The lowest BCUT2D eigenvalue weighted by Crippen LogP contribution is -2.12. The SMILES string of the molecule is COc1ccc(-c2nc(C(=O)Nc3cccc(C(C)=O)c3)cs2)cc1OC. The van der Waals surface area contributed by atoms with Gasteiger partial charge >= 0.3 is 0 Å². The zero-order valence-electron chi connectivity index (χ0n) is 15.1. The topological polar surface area (TPSA) is 77.5 Å². The molecule has 1 heterocycles. The number of hydrogen-bond acceptors (Lipinski definition) is 6. The number of aromatic nitrogens is 1. The molecule has 0 unspecified atom stereocenters. The van der Waals surface area contributed by atoms with Gasteiger partial charge in [-0.15, -0.1) is 11.3 Å². The second kappa shape index (κ2) is 8.01. The van der Waals surface area contributed by atoms with E-state index in [-0.39, 0.29) is 11.7 Å². The molecule has 3 aromatic rings. The number of carbonyl (C=O) groups excluding carboxylic acids is 2. The van der Waals surface area contributed by atoms with Gasteiger partial charge in [-0.05, 0) is 37.3 Å². The molecule has 0 atom stereocenters. The second-order valence-electron chi connectivity index (χ2n) is 5.70. The fraction of sp³-hybridized carbons (Fsp3) is 0.150. The molecule has 6 nitrogen and oxygen atoms in total. The summed E-state index contributed by atoms with van der Waals surface area (Å²) < 4.78 is 10.5. The van der Waals surface area contributed by atoms with Gasteiger partial charge in [-0.1, -0.05) is 12.1 Å². The van der Waals surface area contributed by atoms with Crippen LogP contribution in [0.5, 0.6) is 11.5 Å². The van der Waals surface area contributed by atoms with Crippen LogP contribution in [0.4, 0.5) is 5.69 Å². The molecule has 0 aliphatic heterocycles. The van der Waals surface area contributed by atoms with E-state index in [1.54, 1.807) is 49.9 Å². The molecule has 1 amide bonds. The molecule has 0 spiro atoms. The first-order chi connectivity index (χ1) is 13.0. The number of methoxy groups -OCH3 is 2. The van der Waals surface area contributed by atoms with Crippen LogP contribution in [0.15, 0.2) is 47.8 Å². The van der Waals surface area contributed by atoms with Crippen LogP contribution in [0.25, 0.3) is 10.6 Å². The highest BCUT2D eigenvalue weighted by atomic mass is 32.1. The normalized spacial score (nSPS) is 10.3. The average molecular weight is 382 g/mol. The van der Waals surface area contributed by atoms with Crippen molar-refractivity contribution in [1.29, 1.82) is 0 Å². The third-order valence-electron chi connectivity index (χ3n) is 3.89. The van der Waals surface area contributed by atoms with Crippen molar-refractivity contribution in [2.75, 3.05) is 19.5 Å². The molecule has 0 bridgehead atoms. The molecule has 0 radical (unpaired) electrons. The van der Waals surface area contributed by atoms with Gasteiger partial charge in [0.2, 0.25) is 0 Å². The Hall–Kier alpha value is -3.19. The van der Waals surface area contributed by atoms with E-state index in [0.717, 1.165) is 5.56 Å². The minimum absolute atomic E-state index is 0.0597. The molecule has 138 valence electrons. The van der Waals surface area contributed by atoms with Gasteiger partial charge in [-0.25, -0.2) is 4.98 Å². The zero-order chi connectivity index (χ0) is 19.4. The lowest BCUT2D eigenvalue weighted by Gasteiger charge is -2.08. The van der Waals surface area contributed by atoms with Crippen molar-refractivity contribution in [2.24, 2.45) is 0 Å². The number of hydrogen-bond donors (Lipinski definition) is 1. The summed E-state index contributed by atoms with van der Waals surface area (Å²) in [6, 6.07) is 12.3. The van der Waals surface area contributed by atoms with Gasteiger partial charge in [0.1, 0.15) is 10.7 Å². The molecule has 3 rings (SSSR count). The van der Waals surface area contributed by atoms with Crippen molar-refractivity contribution >= 4 is 28.7 Å². The molecule has 0 aliphatic carbocycles. The number of ketones is 1. The quantitative estimate of drug-likeness (QED) is 0.644. The summed E-state index contributed by atoms with van der Waals surface area (Å²) >= 11 is 1.36. The van der Waals surface area contributed by atoms with Crippen molar-refractivity contribution in [2.45, 2.75) is 6.92 Å². The number of amides is 1. The molecule has 7 heteroatoms. The standard InChI is InChI=1S/C20H18N2O4S/c1-12(23)13-5-4-6-15(9-13)21-19(24)16-11-27-20(22-16)14-7-8-17(25-2)18(10-14)26-3/h4-11H,1-3H3,(H,21,24). The number of Topliss-reactive ketones (excluding diaryl/α,β-unsaturated/α-hetero) is 1. The summed E-state index contributed by atoms with van der Waals surface area (Å²) in [5.41, 5.74) is 2.22. The van der Waals surface area contributed by atoms with E-state index in [9.17, 15) is 9.59 Å². The summed E-state index contributed by atoms with van der Waals surface area (Å²) in [5.74, 6) is 0.826. The minimum atomic E-state index is -0.335. The summed E-state index contributed by atoms with van der Waals surface area (Å²) in [6.07, 6.45) is 0. The fourth-order valence-corrected chi connectivity index (χ4v) is 3.29. The number of benzene rings is 2. The Morgan fingerprint density at radius 2 is 1.81 bits per heavy atom. The number of ether oxygens (including phenoxy) is 2. The molecule has 0 fully saturated rings. The Morgan fingerprint density at radius 1 is 1.04 bits per heavy atom. The summed E-state index contributed by atoms with van der Waals surface area (Å²) in [6.45, 7) is 1.48. The predicted molar refractivity (Wildman–Crippen MR) is 105 cm³/mol. The summed E-state index contributed by atoms with van der Waals surface area (Å²) in [7, 11) is 3.14. The summed E-state index contributed by atoms with van der Waals surface area (Å²) in [5, 5.41) is 5.15. The smallest absolute Gasteiger partial charge is 0.275 e. The van der Waals surface area contributed by atoms with Gasteiger partial charge in [0.15, 0.2) is 17.3 Å².